The molecule has 0 aliphatic carbocycles. The van der Waals surface area contributed by atoms with Gasteiger partial charge in [-0.05, 0) is 25.8 Å². The lowest BCUT2D eigenvalue weighted by molar-refractivity contribution is 0.548. The smallest absolute Gasteiger partial charge is 0.00369 e. The monoisotopic (exact) mass is 361 g/mol. The number of hydrogen-bond donors (Lipinski definition) is 1. The van der Waals surface area contributed by atoms with Gasteiger partial charge in [-0.15, -0.1) is 0 Å². The molecular formula is C20H43NS2. The van der Waals surface area contributed by atoms with E-state index in [1.165, 1.54) is 114 Å². The Morgan fingerprint density at radius 2 is 0.826 bits per heavy atom. The molecule has 0 radical (unpaired) electrons. The number of unbranched alkanes of at least 4 members (excludes halogenated alkanes) is 14. The molecule has 0 saturated carbocycles. The molecule has 23 heavy (non-hydrogen) atoms. The summed E-state index contributed by atoms with van der Waals surface area (Å²) in [4.78, 5) is 0. The average Bonchev–Trinajstić information content (AvgIpc) is 2.57. The molecule has 0 saturated heterocycles. The van der Waals surface area contributed by atoms with E-state index in [0.29, 0.717) is 0 Å². The third kappa shape index (κ3) is 22.7. The molecule has 1 nitrogen and oxygen atoms in total. The van der Waals surface area contributed by atoms with Crippen LogP contribution in [0.5, 0.6) is 0 Å². The fourth-order valence-electron chi connectivity index (χ4n) is 2.78. The van der Waals surface area contributed by atoms with E-state index in [-0.39, 0.29) is 0 Å². The average molecular weight is 362 g/mol. The zero-order chi connectivity index (χ0) is 16.8. The van der Waals surface area contributed by atoms with Crippen molar-refractivity contribution in [2.75, 3.05) is 18.1 Å². The molecule has 0 amide bonds. The van der Waals surface area contributed by atoms with Crippen molar-refractivity contribution >= 4 is 21.6 Å². The van der Waals surface area contributed by atoms with Crippen LogP contribution in [0, 0.1) is 0 Å². The van der Waals surface area contributed by atoms with Gasteiger partial charge in [0.1, 0.15) is 0 Å². The first-order valence-electron chi connectivity index (χ1n) is 10.4. The molecule has 2 N–H and O–H groups in total. The highest BCUT2D eigenvalue weighted by Crippen LogP contribution is 2.24. The molecule has 0 fully saturated rings. The molecule has 0 spiro atoms. The van der Waals surface area contributed by atoms with Gasteiger partial charge in [-0.1, -0.05) is 112 Å². The van der Waals surface area contributed by atoms with Gasteiger partial charge in [-0.2, -0.15) is 0 Å². The van der Waals surface area contributed by atoms with Crippen LogP contribution in [0.4, 0.5) is 0 Å². The second-order valence-corrected chi connectivity index (χ2v) is 9.44. The fraction of sp³-hybridized carbons (Fsp3) is 1.00. The summed E-state index contributed by atoms with van der Waals surface area (Å²) in [5.41, 5.74) is 5.50. The summed E-state index contributed by atoms with van der Waals surface area (Å²) < 4.78 is 0. The molecule has 0 bridgehead atoms. The van der Waals surface area contributed by atoms with Gasteiger partial charge < -0.3 is 5.73 Å². The van der Waals surface area contributed by atoms with Gasteiger partial charge in [0.15, 0.2) is 0 Å². The van der Waals surface area contributed by atoms with Gasteiger partial charge in [-0.25, -0.2) is 0 Å². The molecule has 0 aromatic carbocycles. The number of hydrogen-bond acceptors (Lipinski definition) is 3. The first kappa shape index (κ1) is 23.7. The minimum Gasteiger partial charge on any atom is -0.330 e. The van der Waals surface area contributed by atoms with E-state index in [9.17, 15) is 0 Å². The van der Waals surface area contributed by atoms with Crippen LogP contribution in [0.2, 0.25) is 0 Å². The highest BCUT2D eigenvalue weighted by Gasteiger charge is 1.95. The van der Waals surface area contributed by atoms with Crippen molar-refractivity contribution in [1.29, 1.82) is 0 Å². The maximum absolute atomic E-state index is 5.50. The quantitative estimate of drug-likeness (QED) is 0.179. The van der Waals surface area contributed by atoms with Gasteiger partial charge in [0.2, 0.25) is 0 Å². The molecule has 140 valence electrons. The molecule has 0 atom stereocenters. The summed E-state index contributed by atoms with van der Waals surface area (Å²) >= 11 is 0. The molecule has 0 unspecified atom stereocenters. The minimum absolute atomic E-state index is 0.862. The number of rotatable bonds is 20. The number of nitrogens with two attached hydrogens (primary N) is 1. The fourth-order valence-corrected chi connectivity index (χ4v) is 5.07. The van der Waals surface area contributed by atoms with E-state index in [1.54, 1.807) is 0 Å². The SMILES string of the molecule is CCCCCCCCCCCCCCSSCCCCCCN. The third-order valence-corrected chi connectivity index (χ3v) is 6.92. The maximum atomic E-state index is 5.50. The summed E-state index contributed by atoms with van der Waals surface area (Å²) in [5.74, 6) is 2.68. The first-order chi connectivity index (χ1) is 11.4. The van der Waals surface area contributed by atoms with Crippen molar-refractivity contribution in [2.45, 2.75) is 110 Å². The van der Waals surface area contributed by atoms with Gasteiger partial charge in [0.05, 0.1) is 0 Å². The summed E-state index contributed by atoms with van der Waals surface area (Å²) in [7, 11) is 4.17. The molecule has 3 heteroatoms. The topological polar surface area (TPSA) is 26.0 Å². The van der Waals surface area contributed by atoms with Gasteiger partial charge >= 0.3 is 0 Å². The molecular weight excluding hydrogens is 318 g/mol. The van der Waals surface area contributed by atoms with Crippen molar-refractivity contribution in [1.82, 2.24) is 0 Å². The molecule has 0 aliphatic heterocycles. The Labute approximate surface area is 155 Å². The van der Waals surface area contributed by atoms with E-state index < -0.39 is 0 Å². The van der Waals surface area contributed by atoms with Crippen LogP contribution >= 0.6 is 21.6 Å². The predicted molar refractivity (Wildman–Crippen MR) is 114 cm³/mol. The van der Waals surface area contributed by atoms with Crippen LogP contribution in [0.15, 0.2) is 0 Å². The van der Waals surface area contributed by atoms with Crippen LogP contribution in [0.1, 0.15) is 110 Å². The standard InChI is InChI=1S/C20H43NS2/c1-2-3-4-5-6-7-8-9-10-11-13-16-19-22-23-20-17-14-12-15-18-21/h2-21H2,1H3. The summed E-state index contributed by atoms with van der Waals surface area (Å²) in [6.45, 7) is 3.16. The van der Waals surface area contributed by atoms with Crippen molar-refractivity contribution in [3.63, 3.8) is 0 Å². The summed E-state index contributed by atoms with van der Waals surface area (Å²) in [6.07, 6.45) is 22.7. The molecule has 0 aliphatic rings. The van der Waals surface area contributed by atoms with E-state index in [0.717, 1.165) is 6.54 Å². The largest absolute Gasteiger partial charge is 0.330 e. The molecule has 0 aromatic heterocycles. The van der Waals surface area contributed by atoms with Crippen LogP contribution < -0.4 is 5.73 Å². The zero-order valence-corrected chi connectivity index (χ0v) is 17.5. The molecule has 0 aromatic rings. The van der Waals surface area contributed by atoms with E-state index >= 15 is 0 Å². The summed E-state index contributed by atoms with van der Waals surface area (Å²) in [5, 5.41) is 0. The lowest BCUT2D eigenvalue weighted by atomic mass is 10.1. The Balaban J connectivity index is 2.92. The maximum Gasteiger partial charge on any atom is 0.00369 e. The third-order valence-electron chi connectivity index (χ3n) is 4.35. The Hall–Kier alpha value is 0.660. The highest BCUT2D eigenvalue weighted by atomic mass is 33.1. The van der Waals surface area contributed by atoms with Crippen molar-refractivity contribution in [3.8, 4) is 0 Å². The summed E-state index contributed by atoms with van der Waals surface area (Å²) in [6, 6.07) is 0. The van der Waals surface area contributed by atoms with Gasteiger partial charge in [0, 0.05) is 11.5 Å². The van der Waals surface area contributed by atoms with Crippen molar-refractivity contribution in [3.05, 3.63) is 0 Å². The van der Waals surface area contributed by atoms with Crippen LogP contribution in [0.25, 0.3) is 0 Å². The Bertz CT molecular complexity index is 180. The van der Waals surface area contributed by atoms with Crippen molar-refractivity contribution in [2.24, 2.45) is 5.73 Å². The van der Waals surface area contributed by atoms with Gasteiger partial charge in [-0.3, -0.25) is 0 Å². The molecule has 0 rings (SSSR count). The highest BCUT2D eigenvalue weighted by molar-refractivity contribution is 8.76. The predicted octanol–water partition coefficient (Wildman–Crippen LogP) is 7.59. The van der Waals surface area contributed by atoms with Crippen LogP contribution in [-0.2, 0) is 0 Å². The van der Waals surface area contributed by atoms with E-state index in [4.69, 9.17) is 5.73 Å². The second kappa shape index (κ2) is 22.7. The second-order valence-electron chi connectivity index (χ2n) is 6.74. The zero-order valence-electron chi connectivity index (χ0n) is 15.8. The Kier molecular flexibility index (Phi) is 23.3. The minimum atomic E-state index is 0.862. The van der Waals surface area contributed by atoms with E-state index in [1.807, 2.05) is 0 Å². The Morgan fingerprint density at radius 3 is 1.22 bits per heavy atom. The lowest BCUT2D eigenvalue weighted by Crippen LogP contribution is -1.97. The van der Waals surface area contributed by atoms with Gasteiger partial charge in [0.25, 0.3) is 0 Å². The lowest BCUT2D eigenvalue weighted by Gasteiger charge is -2.03. The Morgan fingerprint density at radius 1 is 0.478 bits per heavy atom. The first-order valence-corrected chi connectivity index (χ1v) is 12.8. The molecule has 0 heterocycles. The normalized spacial score (nSPS) is 11.2. The van der Waals surface area contributed by atoms with Crippen LogP contribution in [0.3, 0.4) is 0 Å². The van der Waals surface area contributed by atoms with Crippen molar-refractivity contribution < 1.29 is 0 Å². The van der Waals surface area contributed by atoms with Crippen LogP contribution in [-0.4, -0.2) is 18.1 Å². The van der Waals surface area contributed by atoms with E-state index in [2.05, 4.69) is 28.5 Å².